The lowest BCUT2D eigenvalue weighted by Gasteiger charge is -2.08. The molecule has 0 saturated heterocycles. The Morgan fingerprint density at radius 2 is 1.89 bits per heavy atom. The van der Waals surface area contributed by atoms with Gasteiger partial charge in [0.25, 0.3) is 0 Å². The fourth-order valence-electron chi connectivity index (χ4n) is 2.32. The van der Waals surface area contributed by atoms with Crippen molar-refractivity contribution in [3.05, 3.63) is 59.7 Å². The van der Waals surface area contributed by atoms with Gasteiger partial charge in [-0.05, 0) is 48.9 Å². The monoisotopic (exact) mass is 369 g/mol. The van der Waals surface area contributed by atoms with Gasteiger partial charge in [-0.15, -0.1) is 0 Å². The number of ether oxygens (including phenoxy) is 3. The number of rotatable bonds is 8. The molecule has 2 aromatic carbocycles. The Kier molecular flexibility index (Phi) is 7.43. The van der Waals surface area contributed by atoms with Crippen LogP contribution in [0.25, 0.3) is 6.08 Å². The molecule has 27 heavy (non-hydrogen) atoms. The lowest BCUT2D eigenvalue weighted by atomic mass is 10.1. The van der Waals surface area contributed by atoms with Gasteiger partial charge in [0, 0.05) is 17.3 Å². The average Bonchev–Trinajstić information content (AvgIpc) is 2.70. The van der Waals surface area contributed by atoms with Gasteiger partial charge < -0.3 is 19.5 Å². The molecule has 6 nitrogen and oxygen atoms in total. The fourth-order valence-corrected chi connectivity index (χ4v) is 2.32. The third-order valence-electron chi connectivity index (χ3n) is 3.65. The third kappa shape index (κ3) is 5.88. The van der Waals surface area contributed by atoms with E-state index in [2.05, 4.69) is 5.32 Å². The van der Waals surface area contributed by atoms with Gasteiger partial charge in [0.05, 0.1) is 26.4 Å². The highest BCUT2D eigenvalue weighted by Gasteiger charge is 2.08. The predicted octanol–water partition coefficient (Wildman–Crippen LogP) is 3.92. The molecule has 0 spiro atoms. The van der Waals surface area contributed by atoms with Gasteiger partial charge in [-0.3, -0.25) is 4.79 Å². The summed E-state index contributed by atoms with van der Waals surface area (Å²) < 4.78 is 15.6. The summed E-state index contributed by atoms with van der Waals surface area (Å²) in [4.78, 5) is 24.1. The third-order valence-corrected chi connectivity index (χ3v) is 3.65. The number of methoxy groups -OCH3 is 2. The molecule has 142 valence electrons. The van der Waals surface area contributed by atoms with Crippen LogP contribution in [0.5, 0.6) is 11.5 Å². The second kappa shape index (κ2) is 10.0. The SMILES string of the molecule is CCCOC(=O)c1cccc(NC(=O)/C=C/c2cc(OC)ccc2OC)c1. The first-order valence-electron chi connectivity index (χ1n) is 8.55. The van der Waals surface area contributed by atoms with E-state index in [4.69, 9.17) is 14.2 Å². The molecule has 0 saturated carbocycles. The molecule has 1 amide bonds. The Morgan fingerprint density at radius 1 is 1.07 bits per heavy atom. The topological polar surface area (TPSA) is 73.9 Å². The molecule has 0 radical (unpaired) electrons. The first-order chi connectivity index (χ1) is 13.1. The van der Waals surface area contributed by atoms with Crippen molar-refractivity contribution < 1.29 is 23.8 Å². The van der Waals surface area contributed by atoms with E-state index < -0.39 is 5.97 Å². The number of carbonyl (C=O) groups is 2. The number of benzene rings is 2. The molecular weight excluding hydrogens is 346 g/mol. The van der Waals surface area contributed by atoms with Crippen LogP contribution in [0.3, 0.4) is 0 Å². The van der Waals surface area contributed by atoms with E-state index in [1.54, 1.807) is 62.8 Å². The standard InChI is InChI=1S/C21H23NO5/c1-4-12-27-21(24)16-6-5-7-17(13-16)22-20(23)11-8-15-14-18(25-2)9-10-19(15)26-3/h5-11,13-14H,4,12H2,1-3H3,(H,22,23)/b11-8+. The van der Waals surface area contributed by atoms with Gasteiger partial charge in [0.1, 0.15) is 11.5 Å². The largest absolute Gasteiger partial charge is 0.497 e. The average molecular weight is 369 g/mol. The Labute approximate surface area is 158 Å². The van der Waals surface area contributed by atoms with E-state index in [0.29, 0.717) is 34.9 Å². The van der Waals surface area contributed by atoms with Gasteiger partial charge >= 0.3 is 5.97 Å². The van der Waals surface area contributed by atoms with E-state index in [1.165, 1.54) is 6.08 Å². The molecule has 0 heterocycles. The van der Waals surface area contributed by atoms with Crippen LogP contribution in [0, 0.1) is 0 Å². The van der Waals surface area contributed by atoms with Crippen molar-refractivity contribution in [1.82, 2.24) is 0 Å². The molecule has 0 aromatic heterocycles. The minimum Gasteiger partial charge on any atom is -0.497 e. The smallest absolute Gasteiger partial charge is 0.338 e. The Balaban J connectivity index is 2.08. The molecule has 6 heteroatoms. The molecule has 0 fully saturated rings. The summed E-state index contributed by atoms with van der Waals surface area (Å²) in [6, 6.07) is 11.9. The highest BCUT2D eigenvalue weighted by Crippen LogP contribution is 2.25. The van der Waals surface area contributed by atoms with Crippen LogP contribution in [0.15, 0.2) is 48.5 Å². The van der Waals surface area contributed by atoms with Crippen LogP contribution in [0.2, 0.25) is 0 Å². The maximum absolute atomic E-state index is 12.2. The molecule has 0 unspecified atom stereocenters. The molecule has 0 aliphatic heterocycles. The Hall–Kier alpha value is -3.28. The highest BCUT2D eigenvalue weighted by molar-refractivity contribution is 6.02. The second-order valence-electron chi connectivity index (χ2n) is 5.65. The number of hydrogen-bond acceptors (Lipinski definition) is 5. The zero-order valence-corrected chi connectivity index (χ0v) is 15.7. The summed E-state index contributed by atoms with van der Waals surface area (Å²) in [6.45, 7) is 2.29. The van der Waals surface area contributed by atoms with Crippen LogP contribution in [0.4, 0.5) is 5.69 Å². The zero-order valence-electron chi connectivity index (χ0n) is 15.7. The fraction of sp³-hybridized carbons (Fsp3) is 0.238. The van der Waals surface area contributed by atoms with Crippen LogP contribution in [-0.4, -0.2) is 32.7 Å². The van der Waals surface area contributed by atoms with Crippen molar-refractivity contribution in [2.24, 2.45) is 0 Å². The normalized spacial score (nSPS) is 10.5. The molecule has 0 aliphatic carbocycles. The summed E-state index contributed by atoms with van der Waals surface area (Å²) in [5, 5.41) is 2.72. The summed E-state index contributed by atoms with van der Waals surface area (Å²) in [6.07, 6.45) is 3.77. The number of hydrogen-bond donors (Lipinski definition) is 1. The maximum atomic E-state index is 12.2. The van der Waals surface area contributed by atoms with Crippen LogP contribution in [-0.2, 0) is 9.53 Å². The first kappa shape index (κ1) is 20.0. The Bertz CT molecular complexity index is 829. The molecule has 2 rings (SSSR count). The molecule has 2 aromatic rings. The summed E-state index contributed by atoms with van der Waals surface area (Å²) in [7, 11) is 3.13. The van der Waals surface area contributed by atoms with E-state index in [-0.39, 0.29) is 5.91 Å². The Morgan fingerprint density at radius 3 is 2.59 bits per heavy atom. The number of carbonyl (C=O) groups excluding carboxylic acids is 2. The van der Waals surface area contributed by atoms with Crippen LogP contribution < -0.4 is 14.8 Å². The summed E-state index contributed by atoms with van der Waals surface area (Å²) in [5.74, 6) is 0.540. The lowest BCUT2D eigenvalue weighted by molar-refractivity contribution is -0.111. The molecule has 0 bridgehead atoms. The van der Waals surface area contributed by atoms with Gasteiger partial charge in [0.15, 0.2) is 0 Å². The van der Waals surface area contributed by atoms with Crippen molar-refractivity contribution in [3.63, 3.8) is 0 Å². The number of nitrogens with one attached hydrogen (secondary N) is 1. The minimum atomic E-state index is -0.412. The number of anilines is 1. The quantitative estimate of drug-likeness (QED) is 0.564. The zero-order chi connectivity index (χ0) is 19.6. The van der Waals surface area contributed by atoms with Crippen molar-refractivity contribution >= 4 is 23.6 Å². The van der Waals surface area contributed by atoms with Crippen LogP contribution >= 0.6 is 0 Å². The maximum Gasteiger partial charge on any atom is 0.338 e. The molecule has 0 atom stereocenters. The lowest BCUT2D eigenvalue weighted by Crippen LogP contribution is -2.10. The van der Waals surface area contributed by atoms with E-state index >= 15 is 0 Å². The van der Waals surface area contributed by atoms with Crippen molar-refractivity contribution in [2.75, 3.05) is 26.1 Å². The molecule has 0 aliphatic rings. The number of amides is 1. The van der Waals surface area contributed by atoms with Crippen molar-refractivity contribution in [1.29, 1.82) is 0 Å². The van der Waals surface area contributed by atoms with Gasteiger partial charge in [-0.25, -0.2) is 4.79 Å². The van der Waals surface area contributed by atoms with Gasteiger partial charge in [0.2, 0.25) is 5.91 Å². The predicted molar refractivity (Wildman–Crippen MR) is 104 cm³/mol. The second-order valence-corrected chi connectivity index (χ2v) is 5.65. The van der Waals surface area contributed by atoms with Crippen molar-refractivity contribution in [2.45, 2.75) is 13.3 Å². The molecular formula is C21H23NO5. The first-order valence-corrected chi connectivity index (χ1v) is 8.55. The minimum absolute atomic E-state index is 0.334. The van der Waals surface area contributed by atoms with Gasteiger partial charge in [-0.2, -0.15) is 0 Å². The number of esters is 1. The summed E-state index contributed by atoms with van der Waals surface area (Å²) in [5.41, 5.74) is 1.61. The van der Waals surface area contributed by atoms with E-state index in [9.17, 15) is 9.59 Å². The van der Waals surface area contributed by atoms with E-state index in [0.717, 1.165) is 6.42 Å². The van der Waals surface area contributed by atoms with E-state index in [1.807, 2.05) is 6.92 Å². The molecule has 1 N–H and O–H groups in total. The summed E-state index contributed by atoms with van der Waals surface area (Å²) >= 11 is 0. The van der Waals surface area contributed by atoms with Crippen LogP contribution in [0.1, 0.15) is 29.3 Å². The highest BCUT2D eigenvalue weighted by atomic mass is 16.5. The van der Waals surface area contributed by atoms with Crippen molar-refractivity contribution in [3.8, 4) is 11.5 Å². The van der Waals surface area contributed by atoms with Gasteiger partial charge in [-0.1, -0.05) is 13.0 Å².